The minimum Gasteiger partial charge on any atom is -0.192 e. The van der Waals surface area contributed by atoms with Crippen molar-refractivity contribution in [3.8, 4) is 6.07 Å². The van der Waals surface area contributed by atoms with E-state index in [1.54, 1.807) is 6.07 Å². The van der Waals surface area contributed by atoms with Gasteiger partial charge < -0.3 is 0 Å². The van der Waals surface area contributed by atoms with Crippen LogP contribution >= 0.6 is 11.3 Å². The zero-order chi connectivity index (χ0) is 13.1. The van der Waals surface area contributed by atoms with Gasteiger partial charge in [-0.25, -0.2) is 0 Å². The number of nitrogens with zero attached hydrogens (tertiary/aromatic N) is 3. The summed E-state index contributed by atoms with van der Waals surface area (Å²) in [5.74, 6) is 0. The van der Waals surface area contributed by atoms with Gasteiger partial charge in [-0.15, -0.1) is 21.6 Å². The molecular formula is C14H13N3S. The van der Waals surface area contributed by atoms with Crippen LogP contribution < -0.4 is 0 Å². The summed E-state index contributed by atoms with van der Waals surface area (Å²) < 4.78 is 0. The Balaban J connectivity index is 2.30. The Morgan fingerprint density at radius 3 is 2.56 bits per heavy atom. The summed E-state index contributed by atoms with van der Waals surface area (Å²) in [6.45, 7) is 5.95. The van der Waals surface area contributed by atoms with Crippen molar-refractivity contribution in [2.45, 2.75) is 20.8 Å². The first-order valence-corrected chi connectivity index (χ1v) is 6.41. The number of hydrogen-bond acceptors (Lipinski definition) is 4. The summed E-state index contributed by atoms with van der Waals surface area (Å²) >= 11 is 1.49. The molecular weight excluding hydrogens is 242 g/mol. The third kappa shape index (κ3) is 2.63. The Bertz CT molecular complexity index is 648. The average molecular weight is 255 g/mol. The molecule has 0 aliphatic heterocycles. The number of thiophene rings is 1. The lowest BCUT2D eigenvalue weighted by molar-refractivity contribution is 1.22. The van der Waals surface area contributed by atoms with Crippen molar-refractivity contribution in [2.75, 3.05) is 0 Å². The van der Waals surface area contributed by atoms with E-state index >= 15 is 0 Å². The SMILES string of the molecule is Cc1ccc(C)c(N=Nc2cc(C#N)c(C)s2)c1. The third-order valence-electron chi connectivity index (χ3n) is 2.65. The maximum atomic E-state index is 8.88. The van der Waals surface area contributed by atoms with Crippen molar-refractivity contribution in [2.24, 2.45) is 10.2 Å². The van der Waals surface area contributed by atoms with Crippen LogP contribution in [0.15, 0.2) is 34.5 Å². The Kier molecular flexibility index (Phi) is 3.54. The minimum atomic E-state index is 0.676. The van der Waals surface area contributed by atoms with Crippen molar-refractivity contribution in [1.82, 2.24) is 0 Å². The van der Waals surface area contributed by atoms with E-state index in [0.717, 1.165) is 26.7 Å². The fourth-order valence-electron chi connectivity index (χ4n) is 1.56. The van der Waals surface area contributed by atoms with Crippen molar-refractivity contribution in [3.05, 3.63) is 45.8 Å². The maximum Gasteiger partial charge on any atom is 0.140 e. The molecule has 2 rings (SSSR count). The highest BCUT2D eigenvalue weighted by atomic mass is 32.1. The van der Waals surface area contributed by atoms with Crippen molar-refractivity contribution >= 4 is 22.0 Å². The first kappa shape index (κ1) is 12.5. The number of nitriles is 1. The van der Waals surface area contributed by atoms with Crippen LogP contribution in [0.2, 0.25) is 0 Å². The molecule has 0 saturated heterocycles. The van der Waals surface area contributed by atoms with Gasteiger partial charge in [0, 0.05) is 4.88 Å². The van der Waals surface area contributed by atoms with Gasteiger partial charge in [-0.05, 0) is 44.0 Å². The Morgan fingerprint density at radius 1 is 1.11 bits per heavy atom. The average Bonchev–Trinajstić information content (AvgIpc) is 2.71. The van der Waals surface area contributed by atoms with Crippen LogP contribution in [0.1, 0.15) is 21.6 Å². The van der Waals surface area contributed by atoms with Crippen LogP contribution in [0.5, 0.6) is 0 Å². The quantitative estimate of drug-likeness (QED) is 0.699. The van der Waals surface area contributed by atoms with Gasteiger partial charge in [0.25, 0.3) is 0 Å². The molecule has 18 heavy (non-hydrogen) atoms. The number of rotatable bonds is 2. The lowest BCUT2D eigenvalue weighted by Gasteiger charge is -1.99. The van der Waals surface area contributed by atoms with Gasteiger partial charge >= 0.3 is 0 Å². The Hall–Kier alpha value is -1.99. The fourth-order valence-corrected chi connectivity index (χ4v) is 2.34. The summed E-state index contributed by atoms with van der Waals surface area (Å²) in [6.07, 6.45) is 0. The van der Waals surface area contributed by atoms with Crippen LogP contribution in [0.25, 0.3) is 0 Å². The lowest BCUT2D eigenvalue weighted by Crippen LogP contribution is -1.75. The second-order valence-electron chi connectivity index (χ2n) is 4.16. The van der Waals surface area contributed by atoms with Gasteiger partial charge in [-0.1, -0.05) is 12.1 Å². The zero-order valence-electron chi connectivity index (χ0n) is 10.6. The first-order valence-electron chi connectivity index (χ1n) is 5.59. The van der Waals surface area contributed by atoms with Crippen LogP contribution in [0.4, 0.5) is 10.7 Å². The molecule has 0 aliphatic rings. The molecule has 3 nitrogen and oxygen atoms in total. The zero-order valence-corrected chi connectivity index (χ0v) is 11.4. The second kappa shape index (κ2) is 5.11. The van der Waals surface area contributed by atoms with E-state index in [1.165, 1.54) is 11.3 Å². The van der Waals surface area contributed by atoms with E-state index < -0.39 is 0 Å². The van der Waals surface area contributed by atoms with Gasteiger partial charge in [0.1, 0.15) is 11.1 Å². The second-order valence-corrected chi connectivity index (χ2v) is 5.39. The van der Waals surface area contributed by atoms with Crippen LogP contribution in [0, 0.1) is 32.1 Å². The summed E-state index contributed by atoms with van der Waals surface area (Å²) in [6, 6.07) is 10.0. The number of hydrogen-bond donors (Lipinski definition) is 0. The van der Waals surface area contributed by atoms with Crippen molar-refractivity contribution in [3.63, 3.8) is 0 Å². The van der Waals surface area contributed by atoms with Crippen molar-refractivity contribution < 1.29 is 0 Å². The third-order valence-corrected chi connectivity index (χ3v) is 3.58. The van der Waals surface area contributed by atoms with Crippen LogP contribution in [-0.2, 0) is 0 Å². The molecule has 0 N–H and O–H groups in total. The highest BCUT2D eigenvalue weighted by Gasteiger charge is 2.04. The number of azo groups is 1. The van der Waals surface area contributed by atoms with E-state index in [1.807, 2.05) is 32.9 Å². The van der Waals surface area contributed by atoms with Crippen LogP contribution in [0.3, 0.4) is 0 Å². The molecule has 0 unspecified atom stereocenters. The summed E-state index contributed by atoms with van der Waals surface area (Å²) in [7, 11) is 0. The molecule has 1 heterocycles. The van der Waals surface area contributed by atoms with E-state index in [4.69, 9.17) is 5.26 Å². The van der Waals surface area contributed by atoms with Gasteiger partial charge in [-0.3, -0.25) is 0 Å². The molecule has 0 radical (unpaired) electrons. The minimum absolute atomic E-state index is 0.676. The smallest absolute Gasteiger partial charge is 0.140 e. The summed E-state index contributed by atoms with van der Waals surface area (Å²) in [5, 5.41) is 18.1. The van der Waals surface area contributed by atoms with E-state index in [0.29, 0.717) is 5.56 Å². The number of benzene rings is 1. The monoisotopic (exact) mass is 255 g/mol. The molecule has 4 heteroatoms. The summed E-state index contributed by atoms with van der Waals surface area (Å²) in [4.78, 5) is 0.979. The normalized spacial score (nSPS) is 10.8. The Labute approximate surface area is 110 Å². The molecule has 1 aromatic heterocycles. The van der Waals surface area contributed by atoms with E-state index in [2.05, 4.69) is 22.4 Å². The summed E-state index contributed by atoms with van der Waals surface area (Å²) in [5.41, 5.74) is 3.81. The molecule has 0 bridgehead atoms. The molecule has 0 spiro atoms. The van der Waals surface area contributed by atoms with Gasteiger partial charge in [0.05, 0.1) is 11.3 Å². The van der Waals surface area contributed by atoms with Gasteiger partial charge in [0.2, 0.25) is 0 Å². The van der Waals surface area contributed by atoms with E-state index in [-0.39, 0.29) is 0 Å². The highest BCUT2D eigenvalue weighted by molar-refractivity contribution is 7.15. The molecule has 0 fully saturated rings. The molecule has 90 valence electrons. The number of aryl methyl sites for hydroxylation is 3. The van der Waals surface area contributed by atoms with E-state index in [9.17, 15) is 0 Å². The predicted molar refractivity (Wildman–Crippen MR) is 73.9 cm³/mol. The lowest BCUT2D eigenvalue weighted by atomic mass is 10.1. The highest BCUT2D eigenvalue weighted by Crippen LogP contribution is 2.30. The van der Waals surface area contributed by atoms with Crippen LogP contribution in [-0.4, -0.2) is 0 Å². The fraction of sp³-hybridized carbons (Fsp3) is 0.214. The topological polar surface area (TPSA) is 48.5 Å². The largest absolute Gasteiger partial charge is 0.192 e. The molecule has 0 atom stereocenters. The maximum absolute atomic E-state index is 8.88. The Morgan fingerprint density at radius 2 is 1.89 bits per heavy atom. The molecule has 0 amide bonds. The molecule has 2 aromatic rings. The molecule has 1 aromatic carbocycles. The molecule has 0 saturated carbocycles. The van der Waals surface area contributed by atoms with Gasteiger partial charge in [0.15, 0.2) is 0 Å². The first-order chi connectivity index (χ1) is 8.60. The van der Waals surface area contributed by atoms with Crippen molar-refractivity contribution in [1.29, 1.82) is 5.26 Å². The predicted octanol–water partition coefficient (Wildman–Crippen LogP) is 4.96. The molecule has 0 aliphatic carbocycles. The standard InChI is InChI=1S/C14H13N3S/c1-9-4-5-10(2)13(6-9)16-17-14-7-12(8-15)11(3)18-14/h4-7H,1-3H3. The van der Waals surface area contributed by atoms with Gasteiger partial charge in [-0.2, -0.15) is 5.26 Å².